The lowest BCUT2D eigenvalue weighted by Gasteiger charge is -2.08. The summed E-state index contributed by atoms with van der Waals surface area (Å²) in [4.78, 5) is 4.73. The van der Waals surface area contributed by atoms with Gasteiger partial charge in [-0.3, -0.25) is 0 Å². The van der Waals surface area contributed by atoms with Gasteiger partial charge < -0.3 is 9.14 Å². The minimum atomic E-state index is 0.726. The monoisotopic (exact) mass is 266 g/mol. The van der Waals surface area contributed by atoms with Gasteiger partial charge in [-0.2, -0.15) is 0 Å². The Morgan fingerprint density at radius 2 is 2.00 bits per heavy atom. The van der Waals surface area contributed by atoms with Crippen LogP contribution in [-0.4, -0.2) is 16.0 Å². The number of benzene rings is 1. The summed E-state index contributed by atoms with van der Waals surface area (Å²) in [6, 6.07) is 12.2. The van der Waals surface area contributed by atoms with Crippen molar-refractivity contribution >= 4 is 5.65 Å². The molecule has 3 aromatic rings. The fourth-order valence-electron chi connectivity index (χ4n) is 2.30. The summed E-state index contributed by atoms with van der Waals surface area (Å²) in [5.41, 5.74) is 4.16. The van der Waals surface area contributed by atoms with Crippen LogP contribution in [0.15, 0.2) is 48.8 Å². The number of fused-ring (bicyclic) bond motifs is 1. The zero-order valence-corrected chi connectivity index (χ0v) is 11.8. The molecule has 0 spiro atoms. The maximum Gasteiger partial charge on any atom is 0.140 e. The van der Waals surface area contributed by atoms with Gasteiger partial charge in [0.2, 0.25) is 0 Å². The first-order chi connectivity index (χ1) is 9.79. The molecule has 0 N–H and O–H groups in total. The lowest BCUT2D eigenvalue weighted by molar-refractivity contribution is 0.318. The first-order valence-corrected chi connectivity index (χ1v) is 6.96. The van der Waals surface area contributed by atoms with Gasteiger partial charge in [-0.15, -0.1) is 0 Å². The summed E-state index contributed by atoms with van der Waals surface area (Å²) in [5, 5.41) is 0. The van der Waals surface area contributed by atoms with E-state index in [-0.39, 0.29) is 0 Å². The molecule has 0 aliphatic carbocycles. The lowest BCUT2D eigenvalue weighted by Crippen LogP contribution is -1.96. The van der Waals surface area contributed by atoms with E-state index in [0.29, 0.717) is 0 Å². The van der Waals surface area contributed by atoms with Crippen molar-refractivity contribution in [2.24, 2.45) is 0 Å². The molecule has 0 aliphatic rings. The van der Waals surface area contributed by atoms with Crippen molar-refractivity contribution in [2.75, 3.05) is 6.61 Å². The molecule has 2 heterocycles. The zero-order chi connectivity index (χ0) is 13.9. The van der Waals surface area contributed by atoms with Gasteiger partial charge in [-0.1, -0.05) is 25.1 Å². The van der Waals surface area contributed by atoms with E-state index in [1.54, 1.807) is 0 Å². The predicted molar refractivity (Wildman–Crippen MR) is 81.2 cm³/mol. The van der Waals surface area contributed by atoms with E-state index >= 15 is 0 Å². The summed E-state index contributed by atoms with van der Waals surface area (Å²) < 4.78 is 7.87. The van der Waals surface area contributed by atoms with E-state index in [4.69, 9.17) is 9.72 Å². The third kappa shape index (κ3) is 2.27. The third-order valence-corrected chi connectivity index (χ3v) is 3.30. The van der Waals surface area contributed by atoms with Crippen LogP contribution in [0.4, 0.5) is 0 Å². The number of hydrogen-bond acceptors (Lipinski definition) is 2. The molecule has 2 aromatic heterocycles. The molecule has 0 atom stereocenters. The van der Waals surface area contributed by atoms with E-state index in [1.165, 1.54) is 5.56 Å². The highest BCUT2D eigenvalue weighted by atomic mass is 16.5. The van der Waals surface area contributed by atoms with Gasteiger partial charge >= 0.3 is 0 Å². The van der Waals surface area contributed by atoms with E-state index in [1.807, 2.05) is 30.5 Å². The highest BCUT2D eigenvalue weighted by molar-refractivity contribution is 5.69. The van der Waals surface area contributed by atoms with Crippen LogP contribution < -0.4 is 4.74 Å². The Bertz CT molecular complexity index is 731. The SMILES string of the molecule is CCCOc1ccccc1-c1cn2cccc(C)c2n1. The first-order valence-electron chi connectivity index (χ1n) is 6.96. The van der Waals surface area contributed by atoms with Crippen molar-refractivity contribution in [1.82, 2.24) is 9.38 Å². The Morgan fingerprint density at radius 1 is 1.15 bits per heavy atom. The predicted octanol–water partition coefficient (Wildman–Crippen LogP) is 4.10. The molecule has 102 valence electrons. The fourth-order valence-corrected chi connectivity index (χ4v) is 2.30. The van der Waals surface area contributed by atoms with Crippen LogP contribution >= 0.6 is 0 Å². The van der Waals surface area contributed by atoms with E-state index in [0.717, 1.165) is 35.7 Å². The zero-order valence-electron chi connectivity index (χ0n) is 11.8. The number of rotatable bonds is 4. The minimum absolute atomic E-state index is 0.726. The van der Waals surface area contributed by atoms with Crippen molar-refractivity contribution in [3.63, 3.8) is 0 Å². The highest BCUT2D eigenvalue weighted by Gasteiger charge is 2.10. The van der Waals surface area contributed by atoms with Gasteiger partial charge in [0.05, 0.1) is 12.3 Å². The molecular formula is C17H18N2O. The largest absolute Gasteiger partial charge is 0.493 e. The van der Waals surface area contributed by atoms with Gasteiger partial charge in [-0.25, -0.2) is 4.98 Å². The lowest BCUT2D eigenvalue weighted by atomic mass is 10.1. The molecule has 0 amide bonds. The van der Waals surface area contributed by atoms with Gasteiger partial charge in [0.25, 0.3) is 0 Å². The standard InChI is InChI=1S/C17H18N2O/c1-3-11-20-16-9-5-4-8-14(16)15-12-19-10-6-7-13(2)17(19)18-15/h4-10,12H,3,11H2,1-2H3. The summed E-state index contributed by atoms with van der Waals surface area (Å²) in [6.45, 7) is 4.91. The van der Waals surface area contributed by atoms with E-state index in [9.17, 15) is 0 Å². The smallest absolute Gasteiger partial charge is 0.140 e. The number of pyridine rings is 1. The normalized spacial score (nSPS) is 10.9. The Labute approximate surface area is 118 Å². The van der Waals surface area contributed by atoms with Crippen LogP contribution in [0.25, 0.3) is 16.9 Å². The number of imidazole rings is 1. The minimum Gasteiger partial charge on any atom is -0.493 e. The molecular weight excluding hydrogens is 248 g/mol. The molecule has 0 bridgehead atoms. The molecule has 0 radical (unpaired) electrons. The van der Waals surface area contributed by atoms with Gasteiger partial charge in [0, 0.05) is 18.0 Å². The van der Waals surface area contributed by atoms with Crippen molar-refractivity contribution < 1.29 is 4.74 Å². The van der Waals surface area contributed by atoms with Crippen molar-refractivity contribution in [3.8, 4) is 17.0 Å². The number of para-hydroxylation sites is 1. The average molecular weight is 266 g/mol. The molecule has 3 heteroatoms. The molecule has 20 heavy (non-hydrogen) atoms. The second-order valence-electron chi connectivity index (χ2n) is 4.89. The molecule has 0 saturated carbocycles. The highest BCUT2D eigenvalue weighted by Crippen LogP contribution is 2.29. The van der Waals surface area contributed by atoms with Crippen molar-refractivity contribution in [2.45, 2.75) is 20.3 Å². The number of hydrogen-bond donors (Lipinski definition) is 0. The molecule has 3 rings (SSSR count). The van der Waals surface area contributed by atoms with Crippen LogP contribution in [0.3, 0.4) is 0 Å². The number of aromatic nitrogens is 2. The second kappa shape index (κ2) is 5.37. The summed E-state index contributed by atoms with van der Waals surface area (Å²) >= 11 is 0. The van der Waals surface area contributed by atoms with Crippen LogP contribution in [0, 0.1) is 6.92 Å². The Balaban J connectivity index is 2.08. The van der Waals surface area contributed by atoms with Crippen LogP contribution in [-0.2, 0) is 0 Å². The van der Waals surface area contributed by atoms with Crippen LogP contribution in [0.1, 0.15) is 18.9 Å². The van der Waals surface area contributed by atoms with Gasteiger partial charge in [0.15, 0.2) is 0 Å². The second-order valence-corrected chi connectivity index (χ2v) is 4.89. The summed E-state index contributed by atoms with van der Waals surface area (Å²) in [7, 11) is 0. The molecule has 3 nitrogen and oxygen atoms in total. The van der Waals surface area contributed by atoms with Crippen molar-refractivity contribution in [1.29, 1.82) is 0 Å². The third-order valence-electron chi connectivity index (χ3n) is 3.30. The molecule has 0 saturated heterocycles. The first kappa shape index (κ1) is 12.7. The average Bonchev–Trinajstić information content (AvgIpc) is 2.91. The van der Waals surface area contributed by atoms with Gasteiger partial charge in [-0.05, 0) is 37.1 Å². The van der Waals surface area contributed by atoms with E-state index in [2.05, 4.69) is 36.6 Å². The Hall–Kier alpha value is -2.29. The molecule has 0 aliphatic heterocycles. The van der Waals surface area contributed by atoms with E-state index < -0.39 is 0 Å². The van der Waals surface area contributed by atoms with Gasteiger partial charge in [0.1, 0.15) is 11.4 Å². The maximum atomic E-state index is 5.82. The Morgan fingerprint density at radius 3 is 2.80 bits per heavy atom. The number of aryl methyl sites for hydroxylation is 1. The number of nitrogens with zero attached hydrogens (tertiary/aromatic N) is 2. The quantitative estimate of drug-likeness (QED) is 0.710. The Kier molecular flexibility index (Phi) is 3.42. The number of ether oxygens (including phenoxy) is 1. The summed E-state index contributed by atoms with van der Waals surface area (Å²) in [6.07, 6.45) is 5.07. The molecule has 0 unspecified atom stereocenters. The van der Waals surface area contributed by atoms with Crippen LogP contribution in [0.2, 0.25) is 0 Å². The van der Waals surface area contributed by atoms with Crippen molar-refractivity contribution in [3.05, 3.63) is 54.4 Å². The molecule has 1 aromatic carbocycles. The topological polar surface area (TPSA) is 26.5 Å². The summed E-state index contributed by atoms with van der Waals surface area (Å²) in [5.74, 6) is 0.899. The molecule has 0 fully saturated rings. The maximum absolute atomic E-state index is 5.82. The fraction of sp³-hybridized carbons (Fsp3) is 0.235. The van der Waals surface area contributed by atoms with Crippen LogP contribution in [0.5, 0.6) is 5.75 Å².